The molecule has 106 valence electrons. The maximum absolute atomic E-state index is 11.3. The fourth-order valence-corrected chi connectivity index (χ4v) is 3.95. The molecule has 0 saturated heterocycles. The molecule has 0 aliphatic heterocycles. The van der Waals surface area contributed by atoms with Gasteiger partial charge in [0, 0.05) is 9.58 Å². The van der Waals surface area contributed by atoms with Crippen LogP contribution in [0.4, 0.5) is 0 Å². The van der Waals surface area contributed by atoms with Crippen LogP contribution in [0.3, 0.4) is 0 Å². The number of hydrogen-bond donors (Lipinski definition) is 0. The van der Waals surface area contributed by atoms with Crippen molar-refractivity contribution in [2.24, 2.45) is 0 Å². The molecule has 0 bridgehead atoms. The van der Waals surface area contributed by atoms with Crippen molar-refractivity contribution < 1.29 is 14.3 Å². The Morgan fingerprint density at radius 3 is 3.00 bits per heavy atom. The van der Waals surface area contributed by atoms with E-state index in [4.69, 9.17) is 9.47 Å². The highest BCUT2D eigenvalue weighted by Gasteiger charge is 2.16. The second-order valence-corrected chi connectivity index (χ2v) is 6.10. The lowest BCUT2D eigenvalue weighted by Crippen LogP contribution is -2.14. The molecule has 0 spiro atoms. The van der Waals surface area contributed by atoms with E-state index in [-0.39, 0.29) is 12.6 Å². The monoisotopic (exact) mass is 290 g/mol. The lowest BCUT2D eigenvalue weighted by molar-refractivity contribution is -0.145. The Bertz CT molecular complexity index is 630. The van der Waals surface area contributed by atoms with Crippen LogP contribution in [0.15, 0.2) is 18.2 Å². The van der Waals surface area contributed by atoms with E-state index >= 15 is 0 Å². The smallest absolute Gasteiger partial charge is 0.344 e. The van der Waals surface area contributed by atoms with E-state index in [9.17, 15) is 4.79 Å². The summed E-state index contributed by atoms with van der Waals surface area (Å²) in [4.78, 5) is 12.8. The van der Waals surface area contributed by atoms with Gasteiger partial charge >= 0.3 is 5.97 Å². The van der Waals surface area contributed by atoms with Gasteiger partial charge in [-0.25, -0.2) is 4.79 Å². The highest BCUT2D eigenvalue weighted by molar-refractivity contribution is 7.19. The summed E-state index contributed by atoms with van der Waals surface area (Å²) < 4.78 is 11.7. The predicted octanol–water partition coefficient (Wildman–Crippen LogP) is 3.72. The zero-order chi connectivity index (χ0) is 13.9. The molecule has 1 aromatic heterocycles. The molecule has 1 aliphatic carbocycles. The summed E-state index contributed by atoms with van der Waals surface area (Å²) in [6.07, 6.45) is 4.93. The van der Waals surface area contributed by atoms with Crippen LogP contribution in [0.2, 0.25) is 0 Å². The lowest BCUT2D eigenvalue weighted by Gasteiger charge is -2.10. The van der Waals surface area contributed by atoms with Crippen molar-refractivity contribution in [3.63, 3.8) is 0 Å². The average Bonchev–Trinajstić information content (AvgIpc) is 2.83. The average molecular weight is 290 g/mol. The summed E-state index contributed by atoms with van der Waals surface area (Å²) in [6, 6.07) is 6.09. The van der Waals surface area contributed by atoms with Gasteiger partial charge in [-0.3, -0.25) is 0 Å². The van der Waals surface area contributed by atoms with E-state index in [1.165, 1.54) is 39.8 Å². The van der Waals surface area contributed by atoms with Gasteiger partial charge in [0.05, 0.1) is 6.61 Å². The van der Waals surface area contributed by atoms with Crippen LogP contribution >= 0.6 is 11.3 Å². The van der Waals surface area contributed by atoms with Crippen LogP contribution in [-0.2, 0) is 22.4 Å². The third-order valence-electron chi connectivity index (χ3n) is 3.59. The van der Waals surface area contributed by atoms with Crippen LogP contribution in [0.5, 0.6) is 5.75 Å². The van der Waals surface area contributed by atoms with Crippen molar-refractivity contribution in [1.82, 2.24) is 0 Å². The number of benzene rings is 1. The summed E-state index contributed by atoms with van der Waals surface area (Å²) in [5.74, 6) is 0.427. The highest BCUT2D eigenvalue weighted by atomic mass is 32.1. The minimum absolute atomic E-state index is 0.0221. The lowest BCUT2D eigenvalue weighted by atomic mass is 9.96. The van der Waals surface area contributed by atoms with E-state index in [0.717, 1.165) is 12.2 Å². The van der Waals surface area contributed by atoms with Gasteiger partial charge < -0.3 is 9.47 Å². The van der Waals surface area contributed by atoms with Gasteiger partial charge in [-0.1, -0.05) is 0 Å². The Balaban J connectivity index is 1.81. The number of ether oxygens (including phenoxy) is 2. The Hall–Kier alpha value is -1.55. The largest absolute Gasteiger partial charge is 0.482 e. The van der Waals surface area contributed by atoms with Gasteiger partial charge in [-0.15, -0.1) is 11.3 Å². The van der Waals surface area contributed by atoms with Crippen molar-refractivity contribution in [1.29, 1.82) is 0 Å². The molecular weight excluding hydrogens is 272 g/mol. The van der Waals surface area contributed by atoms with Gasteiger partial charge in [0.1, 0.15) is 5.75 Å². The first-order valence-corrected chi connectivity index (χ1v) is 7.92. The topological polar surface area (TPSA) is 35.5 Å². The molecule has 0 fully saturated rings. The molecule has 0 saturated carbocycles. The van der Waals surface area contributed by atoms with Gasteiger partial charge in [0.2, 0.25) is 0 Å². The molecule has 3 nitrogen and oxygen atoms in total. The van der Waals surface area contributed by atoms with Gasteiger partial charge in [0.25, 0.3) is 0 Å². The first-order valence-electron chi connectivity index (χ1n) is 7.10. The normalized spacial score (nSPS) is 14.1. The van der Waals surface area contributed by atoms with Gasteiger partial charge in [-0.05, 0) is 61.8 Å². The predicted molar refractivity (Wildman–Crippen MR) is 80.6 cm³/mol. The minimum Gasteiger partial charge on any atom is -0.482 e. The number of carbonyl (C=O) groups excluding carboxylic acids is 1. The number of hydrogen-bond acceptors (Lipinski definition) is 4. The number of esters is 1. The van der Waals surface area contributed by atoms with Crippen LogP contribution in [0, 0.1) is 0 Å². The van der Waals surface area contributed by atoms with Crippen molar-refractivity contribution >= 4 is 27.4 Å². The number of rotatable bonds is 4. The zero-order valence-corrected chi connectivity index (χ0v) is 12.4. The maximum atomic E-state index is 11.3. The number of carbonyl (C=O) groups is 1. The zero-order valence-electron chi connectivity index (χ0n) is 11.6. The first kappa shape index (κ1) is 13.4. The maximum Gasteiger partial charge on any atom is 0.344 e. The minimum atomic E-state index is -0.319. The molecule has 0 unspecified atom stereocenters. The fourth-order valence-electron chi connectivity index (χ4n) is 2.68. The standard InChI is InChI=1S/C16H18O3S/c1-2-18-16(17)10-19-11-7-8-15-13(9-11)12-5-3-4-6-14(12)20-15/h7-9H,2-6,10H2,1H3. The van der Waals surface area contributed by atoms with E-state index in [1.54, 1.807) is 6.92 Å². The Kier molecular flexibility index (Phi) is 3.92. The molecule has 2 aromatic rings. The summed E-state index contributed by atoms with van der Waals surface area (Å²) in [5.41, 5.74) is 1.48. The SMILES string of the molecule is CCOC(=O)COc1ccc2sc3c(c2c1)CCCC3. The fraction of sp³-hybridized carbons (Fsp3) is 0.438. The summed E-state index contributed by atoms with van der Waals surface area (Å²) in [5, 5.41) is 1.30. The molecule has 0 N–H and O–H groups in total. The van der Waals surface area contributed by atoms with Crippen LogP contribution < -0.4 is 4.74 Å². The third kappa shape index (κ3) is 2.66. The molecule has 20 heavy (non-hydrogen) atoms. The van der Waals surface area contributed by atoms with Crippen molar-refractivity contribution in [2.45, 2.75) is 32.6 Å². The van der Waals surface area contributed by atoms with E-state index in [2.05, 4.69) is 12.1 Å². The molecule has 0 amide bonds. The molecule has 4 heteroatoms. The second-order valence-electron chi connectivity index (χ2n) is 4.96. The Morgan fingerprint density at radius 2 is 2.15 bits per heavy atom. The summed E-state index contributed by atoms with van der Waals surface area (Å²) in [7, 11) is 0. The van der Waals surface area contributed by atoms with Gasteiger partial charge in [0.15, 0.2) is 6.61 Å². The molecule has 0 radical (unpaired) electrons. The number of fused-ring (bicyclic) bond motifs is 3. The van der Waals surface area contributed by atoms with E-state index < -0.39 is 0 Å². The molecule has 1 heterocycles. The van der Waals surface area contributed by atoms with Gasteiger partial charge in [-0.2, -0.15) is 0 Å². The number of aryl methyl sites for hydroxylation is 2. The molecule has 1 aliphatic rings. The Morgan fingerprint density at radius 1 is 1.30 bits per heavy atom. The van der Waals surface area contributed by atoms with E-state index in [0.29, 0.717) is 6.61 Å². The highest BCUT2D eigenvalue weighted by Crippen LogP contribution is 2.37. The quantitative estimate of drug-likeness (QED) is 0.805. The summed E-state index contributed by atoms with van der Waals surface area (Å²) >= 11 is 1.89. The van der Waals surface area contributed by atoms with E-state index in [1.807, 2.05) is 17.4 Å². The molecular formula is C16H18O3S. The summed E-state index contributed by atoms with van der Waals surface area (Å²) in [6.45, 7) is 2.16. The third-order valence-corrected chi connectivity index (χ3v) is 4.86. The van der Waals surface area contributed by atoms with Crippen LogP contribution in [0.1, 0.15) is 30.2 Å². The van der Waals surface area contributed by atoms with Crippen molar-refractivity contribution in [3.8, 4) is 5.75 Å². The second kappa shape index (κ2) is 5.83. The number of thiophene rings is 1. The van der Waals surface area contributed by atoms with Crippen LogP contribution in [-0.4, -0.2) is 19.2 Å². The molecule has 3 rings (SSSR count). The molecule has 0 atom stereocenters. The van der Waals surface area contributed by atoms with Crippen molar-refractivity contribution in [2.75, 3.05) is 13.2 Å². The van der Waals surface area contributed by atoms with Crippen LogP contribution in [0.25, 0.3) is 10.1 Å². The Labute approximate surface area is 122 Å². The van der Waals surface area contributed by atoms with Crippen molar-refractivity contribution in [3.05, 3.63) is 28.6 Å². The molecule has 1 aromatic carbocycles. The first-order chi connectivity index (χ1) is 9.78.